The molecule has 3 fully saturated rings. The van der Waals surface area contributed by atoms with E-state index in [4.69, 9.17) is 0 Å². The summed E-state index contributed by atoms with van der Waals surface area (Å²) in [7, 11) is 0. The van der Waals surface area contributed by atoms with Gasteiger partial charge >= 0.3 is 0 Å². The van der Waals surface area contributed by atoms with Gasteiger partial charge in [0.05, 0.1) is 13.1 Å². The van der Waals surface area contributed by atoms with Crippen molar-refractivity contribution in [3.8, 4) is 0 Å². The molecular formula is C19H34N4O2. The number of hydrogen-bond donors (Lipinski definition) is 0. The number of piperazine rings is 1. The Morgan fingerprint density at radius 2 is 1.48 bits per heavy atom. The summed E-state index contributed by atoms with van der Waals surface area (Å²) in [5.74, 6) is 1.09. The van der Waals surface area contributed by atoms with E-state index >= 15 is 0 Å². The maximum absolute atomic E-state index is 12.7. The molecule has 0 spiro atoms. The zero-order valence-electron chi connectivity index (χ0n) is 16.0. The fourth-order valence-electron chi connectivity index (χ4n) is 3.88. The first kappa shape index (κ1) is 18.6. The smallest absolute Gasteiger partial charge is 0.237 e. The van der Waals surface area contributed by atoms with Crippen LogP contribution in [0.5, 0.6) is 0 Å². The van der Waals surface area contributed by atoms with Crippen LogP contribution in [-0.2, 0) is 9.59 Å². The Bertz CT molecular complexity index is 464. The first-order valence-corrected chi connectivity index (χ1v) is 10.0. The summed E-state index contributed by atoms with van der Waals surface area (Å²) in [4.78, 5) is 33.5. The van der Waals surface area contributed by atoms with Crippen LogP contribution in [0, 0.1) is 5.92 Å². The second kappa shape index (κ2) is 8.49. The largest absolute Gasteiger partial charge is 0.342 e. The molecule has 2 saturated heterocycles. The van der Waals surface area contributed by atoms with Gasteiger partial charge in [0.1, 0.15) is 0 Å². The first-order chi connectivity index (χ1) is 12.0. The third kappa shape index (κ3) is 5.42. The summed E-state index contributed by atoms with van der Waals surface area (Å²) >= 11 is 0. The standard InChI is InChI=1S/C19H34N4O2/c1-16(2)13-23(17-5-6-17)19(25)15-21-11-9-20(10-12-21)14-18(24)22-7-3-4-8-22/h16-17H,3-15H2,1-2H3. The van der Waals surface area contributed by atoms with Crippen molar-refractivity contribution in [1.29, 1.82) is 0 Å². The van der Waals surface area contributed by atoms with E-state index in [0.29, 0.717) is 25.0 Å². The van der Waals surface area contributed by atoms with E-state index in [-0.39, 0.29) is 11.8 Å². The minimum absolute atomic E-state index is 0.277. The lowest BCUT2D eigenvalue weighted by atomic mass is 10.2. The van der Waals surface area contributed by atoms with E-state index in [9.17, 15) is 9.59 Å². The number of carbonyl (C=O) groups excluding carboxylic acids is 2. The van der Waals surface area contributed by atoms with Gasteiger partial charge in [0.25, 0.3) is 0 Å². The Kier molecular flexibility index (Phi) is 6.34. The Labute approximate surface area is 152 Å². The molecule has 1 aliphatic carbocycles. The number of amides is 2. The monoisotopic (exact) mass is 350 g/mol. The lowest BCUT2D eigenvalue weighted by molar-refractivity contribution is -0.135. The molecular weight excluding hydrogens is 316 g/mol. The van der Waals surface area contributed by atoms with Crippen molar-refractivity contribution < 1.29 is 9.59 Å². The molecule has 0 bridgehead atoms. The van der Waals surface area contributed by atoms with Crippen LogP contribution < -0.4 is 0 Å². The summed E-state index contributed by atoms with van der Waals surface area (Å²) in [6, 6.07) is 0.495. The maximum atomic E-state index is 12.7. The predicted octanol–water partition coefficient (Wildman–Crippen LogP) is 0.873. The molecule has 3 rings (SSSR count). The molecule has 0 N–H and O–H groups in total. The number of nitrogens with zero attached hydrogens (tertiary/aromatic N) is 4. The quantitative estimate of drug-likeness (QED) is 0.684. The molecule has 6 heteroatoms. The van der Waals surface area contributed by atoms with E-state index in [2.05, 4.69) is 28.5 Å². The SMILES string of the molecule is CC(C)CN(C(=O)CN1CCN(CC(=O)N2CCCC2)CC1)C1CC1. The average Bonchev–Trinajstić information content (AvgIpc) is 3.26. The van der Waals surface area contributed by atoms with Gasteiger partial charge in [0, 0.05) is 51.9 Å². The van der Waals surface area contributed by atoms with Crippen molar-refractivity contribution >= 4 is 11.8 Å². The molecule has 0 aromatic carbocycles. The van der Waals surface area contributed by atoms with Crippen LogP contribution in [0.15, 0.2) is 0 Å². The Morgan fingerprint density at radius 1 is 0.920 bits per heavy atom. The first-order valence-electron chi connectivity index (χ1n) is 10.0. The number of carbonyl (C=O) groups is 2. The molecule has 2 heterocycles. The van der Waals surface area contributed by atoms with Crippen LogP contribution in [0.3, 0.4) is 0 Å². The average molecular weight is 351 g/mol. The number of likely N-dealkylation sites (tertiary alicyclic amines) is 1. The van der Waals surface area contributed by atoms with Gasteiger partial charge in [0.15, 0.2) is 0 Å². The highest BCUT2D eigenvalue weighted by Crippen LogP contribution is 2.27. The zero-order chi connectivity index (χ0) is 17.8. The van der Waals surface area contributed by atoms with E-state index in [1.54, 1.807) is 0 Å². The summed E-state index contributed by atoms with van der Waals surface area (Å²) < 4.78 is 0. The second-order valence-corrected chi connectivity index (χ2v) is 8.31. The minimum atomic E-state index is 0.277. The summed E-state index contributed by atoms with van der Waals surface area (Å²) in [6.07, 6.45) is 4.64. The van der Waals surface area contributed by atoms with Crippen molar-refractivity contribution in [3.63, 3.8) is 0 Å². The van der Waals surface area contributed by atoms with Crippen LogP contribution in [0.4, 0.5) is 0 Å². The highest BCUT2D eigenvalue weighted by molar-refractivity contribution is 5.79. The molecule has 2 amide bonds. The molecule has 2 aliphatic heterocycles. The van der Waals surface area contributed by atoms with E-state index in [1.807, 2.05) is 4.90 Å². The Balaban J connectivity index is 1.39. The van der Waals surface area contributed by atoms with Gasteiger partial charge in [-0.2, -0.15) is 0 Å². The van der Waals surface area contributed by atoms with Gasteiger partial charge in [-0.15, -0.1) is 0 Å². The zero-order valence-corrected chi connectivity index (χ0v) is 16.0. The van der Waals surface area contributed by atoms with E-state index in [1.165, 1.54) is 12.8 Å². The van der Waals surface area contributed by atoms with Crippen LogP contribution in [-0.4, -0.2) is 96.4 Å². The number of hydrogen-bond acceptors (Lipinski definition) is 4. The summed E-state index contributed by atoms with van der Waals surface area (Å²) in [5.41, 5.74) is 0. The number of rotatable bonds is 7. The molecule has 3 aliphatic rings. The van der Waals surface area contributed by atoms with Gasteiger partial charge in [0.2, 0.25) is 11.8 Å². The van der Waals surface area contributed by atoms with Crippen molar-refractivity contribution in [1.82, 2.24) is 19.6 Å². The maximum Gasteiger partial charge on any atom is 0.237 e. The van der Waals surface area contributed by atoms with E-state index in [0.717, 1.165) is 58.7 Å². The lowest BCUT2D eigenvalue weighted by Gasteiger charge is -2.36. The molecule has 6 nitrogen and oxygen atoms in total. The van der Waals surface area contributed by atoms with Crippen LogP contribution in [0.2, 0.25) is 0 Å². The molecule has 0 aromatic heterocycles. The van der Waals surface area contributed by atoms with Gasteiger partial charge in [-0.25, -0.2) is 0 Å². The molecule has 0 atom stereocenters. The molecule has 0 aromatic rings. The fourth-order valence-corrected chi connectivity index (χ4v) is 3.88. The molecule has 142 valence electrons. The summed E-state index contributed by atoms with van der Waals surface area (Å²) in [5, 5.41) is 0. The fraction of sp³-hybridized carbons (Fsp3) is 0.895. The minimum Gasteiger partial charge on any atom is -0.342 e. The molecule has 25 heavy (non-hydrogen) atoms. The molecule has 0 radical (unpaired) electrons. The third-order valence-electron chi connectivity index (χ3n) is 5.51. The van der Waals surface area contributed by atoms with Crippen LogP contribution in [0.1, 0.15) is 39.5 Å². The second-order valence-electron chi connectivity index (χ2n) is 8.31. The van der Waals surface area contributed by atoms with Crippen molar-refractivity contribution in [2.45, 2.75) is 45.6 Å². The lowest BCUT2D eigenvalue weighted by Crippen LogP contribution is -2.52. The third-order valence-corrected chi connectivity index (χ3v) is 5.51. The van der Waals surface area contributed by atoms with Crippen molar-refractivity contribution in [2.75, 3.05) is 58.9 Å². The van der Waals surface area contributed by atoms with Gasteiger partial charge < -0.3 is 9.80 Å². The van der Waals surface area contributed by atoms with Crippen molar-refractivity contribution in [3.05, 3.63) is 0 Å². The highest BCUT2D eigenvalue weighted by Gasteiger charge is 2.33. The Morgan fingerprint density at radius 3 is 2.00 bits per heavy atom. The van der Waals surface area contributed by atoms with Crippen LogP contribution >= 0.6 is 0 Å². The van der Waals surface area contributed by atoms with Gasteiger partial charge in [-0.3, -0.25) is 19.4 Å². The van der Waals surface area contributed by atoms with E-state index < -0.39 is 0 Å². The van der Waals surface area contributed by atoms with Crippen molar-refractivity contribution in [2.24, 2.45) is 5.92 Å². The topological polar surface area (TPSA) is 47.1 Å². The highest BCUT2D eigenvalue weighted by atomic mass is 16.2. The Hall–Kier alpha value is -1.14. The van der Waals surface area contributed by atoms with Gasteiger partial charge in [-0.1, -0.05) is 13.8 Å². The predicted molar refractivity (Wildman–Crippen MR) is 98.3 cm³/mol. The molecule has 1 saturated carbocycles. The normalized spacial score (nSPS) is 22.6. The van der Waals surface area contributed by atoms with Gasteiger partial charge in [-0.05, 0) is 31.6 Å². The summed E-state index contributed by atoms with van der Waals surface area (Å²) in [6.45, 7) is 11.7. The van der Waals surface area contributed by atoms with Crippen LogP contribution in [0.25, 0.3) is 0 Å². The molecule has 0 unspecified atom stereocenters.